The van der Waals surface area contributed by atoms with Gasteiger partial charge in [0.25, 0.3) is 0 Å². The molecule has 0 spiro atoms. The number of nitrogens with two attached hydrogens (primary N) is 1. The van der Waals surface area contributed by atoms with Crippen LogP contribution in [0.1, 0.15) is 31.2 Å². The predicted molar refractivity (Wildman–Crippen MR) is 75.1 cm³/mol. The number of hydrogen-bond donors (Lipinski definition) is 1. The first-order valence-electron chi connectivity index (χ1n) is 6.59. The van der Waals surface area contributed by atoms with Crippen molar-refractivity contribution in [2.45, 2.75) is 37.5 Å². The number of para-hydroxylation sites is 1. The van der Waals surface area contributed by atoms with Gasteiger partial charge in [-0.3, -0.25) is 4.21 Å². The van der Waals surface area contributed by atoms with Crippen LogP contribution in [-0.4, -0.2) is 21.8 Å². The number of hydrogen-bond acceptors (Lipinski definition) is 3. The summed E-state index contributed by atoms with van der Waals surface area (Å²) in [5.74, 6) is 1.45. The standard InChI is InChI=1S/C14H21NO2S/c15-11-12-5-1-4-8-14(12)17-9-10-18(16)13-6-2-3-7-13/h1,4-5,8,13H,2-3,6-7,9-11,15H2. The minimum absolute atomic E-state index is 0.401. The zero-order valence-electron chi connectivity index (χ0n) is 10.6. The van der Waals surface area contributed by atoms with E-state index in [0.717, 1.165) is 24.2 Å². The summed E-state index contributed by atoms with van der Waals surface area (Å²) in [7, 11) is -0.734. The van der Waals surface area contributed by atoms with Crippen molar-refractivity contribution in [3.05, 3.63) is 29.8 Å². The fraction of sp³-hybridized carbons (Fsp3) is 0.571. The lowest BCUT2D eigenvalue weighted by Crippen LogP contribution is -2.18. The lowest BCUT2D eigenvalue weighted by atomic mass is 10.2. The van der Waals surface area contributed by atoms with Gasteiger partial charge in [0.1, 0.15) is 5.75 Å². The third-order valence-electron chi connectivity index (χ3n) is 3.41. The molecular formula is C14H21NO2S. The Balaban J connectivity index is 1.79. The molecule has 1 unspecified atom stereocenters. The molecule has 0 heterocycles. The molecule has 1 fully saturated rings. The minimum Gasteiger partial charge on any atom is -0.492 e. The van der Waals surface area contributed by atoms with E-state index < -0.39 is 10.8 Å². The zero-order valence-corrected chi connectivity index (χ0v) is 11.5. The van der Waals surface area contributed by atoms with Gasteiger partial charge in [-0.25, -0.2) is 0 Å². The first-order chi connectivity index (χ1) is 8.81. The monoisotopic (exact) mass is 267 g/mol. The second-order valence-electron chi connectivity index (χ2n) is 4.65. The molecule has 1 aliphatic carbocycles. The van der Waals surface area contributed by atoms with Gasteiger partial charge in [-0.2, -0.15) is 0 Å². The molecule has 1 saturated carbocycles. The molecule has 1 aromatic rings. The van der Waals surface area contributed by atoms with Gasteiger partial charge in [0.15, 0.2) is 0 Å². The van der Waals surface area contributed by atoms with Crippen molar-refractivity contribution in [2.24, 2.45) is 5.73 Å². The summed E-state index contributed by atoms with van der Waals surface area (Å²) in [5.41, 5.74) is 6.65. The average Bonchev–Trinajstić information content (AvgIpc) is 2.93. The van der Waals surface area contributed by atoms with Crippen LogP contribution in [-0.2, 0) is 17.3 Å². The van der Waals surface area contributed by atoms with E-state index in [9.17, 15) is 4.21 Å². The number of benzene rings is 1. The summed E-state index contributed by atoms with van der Waals surface area (Å²) in [6, 6.07) is 7.76. The normalized spacial score (nSPS) is 17.8. The molecule has 1 aromatic carbocycles. The molecule has 0 amide bonds. The first kappa shape index (κ1) is 13.6. The van der Waals surface area contributed by atoms with Gasteiger partial charge in [-0.15, -0.1) is 0 Å². The van der Waals surface area contributed by atoms with Crippen LogP contribution >= 0.6 is 0 Å². The Hall–Kier alpha value is -0.870. The van der Waals surface area contributed by atoms with Crippen LogP contribution in [0.25, 0.3) is 0 Å². The average molecular weight is 267 g/mol. The Kier molecular flexibility index (Phi) is 5.20. The maximum Gasteiger partial charge on any atom is 0.123 e. The Morgan fingerprint density at radius 2 is 2.00 bits per heavy atom. The second kappa shape index (κ2) is 6.90. The molecule has 100 valence electrons. The van der Waals surface area contributed by atoms with Crippen LogP contribution in [0.3, 0.4) is 0 Å². The molecule has 3 nitrogen and oxygen atoms in total. The zero-order chi connectivity index (χ0) is 12.8. The lowest BCUT2D eigenvalue weighted by Gasteiger charge is -2.12. The van der Waals surface area contributed by atoms with E-state index in [1.165, 1.54) is 12.8 Å². The molecule has 0 bridgehead atoms. The van der Waals surface area contributed by atoms with E-state index in [1.54, 1.807) is 0 Å². The Labute approximate surface area is 111 Å². The Bertz CT molecular complexity index is 403. The molecule has 0 saturated heterocycles. The summed E-state index contributed by atoms with van der Waals surface area (Å²) in [6.45, 7) is 0.988. The number of rotatable bonds is 6. The minimum atomic E-state index is -0.734. The van der Waals surface area contributed by atoms with E-state index in [0.29, 0.717) is 24.2 Å². The van der Waals surface area contributed by atoms with Gasteiger partial charge in [0.05, 0.1) is 12.4 Å². The predicted octanol–water partition coefficient (Wildman–Crippen LogP) is 2.22. The van der Waals surface area contributed by atoms with E-state index >= 15 is 0 Å². The van der Waals surface area contributed by atoms with E-state index in [1.807, 2.05) is 24.3 Å². The van der Waals surface area contributed by atoms with E-state index in [2.05, 4.69) is 0 Å². The molecular weight excluding hydrogens is 246 g/mol. The highest BCUT2D eigenvalue weighted by molar-refractivity contribution is 7.85. The Morgan fingerprint density at radius 3 is 2.72 bits per heavy atom. The fourth-order valence-electron chi connectivity index (χ4n) is 2.36. The highest BCUT2D eigenvalue weighted by Crippen LogP contribution is 2.23. The topological polar surface area (TPSA) is 52.3 Å². The third kappa shape index (κ3) is 3.56. The third-order valence-corrected chi connectivity index (χ3v) is 5.19. The summed E-state index contributed by atoms with van der Waals surface area (Å²) < 4.78 is 17.7. The lowest BCUT2D eigenvalue weighted by molar-refractivity contribution is 0.338. The van der Waals surface area contributed by atoms with E-state index in [-0.39, 0.29) is 0 Å². The van der Waals surface area contributed by atoms with Gasteiger partial charge in [-0.1, -0.05) is 31.0 Å². The molecule has 1 atom stereocenters. The summed E-state index contributed by atoms with van der Waals surface area (Å²) >= 11 is 0. The smallest absolute Gasteiger partial charge is 0.123 e. The van der Waals surface area contributed by atoms with Crippen LogP contribution in [0.5, 0.6) is 5.75 Å². The number of ether oxygens (including phenoxy) is 1. The van der Waals surface area contributed by atoms with Gasteiger partial charge in [0, 0.05) is 28.2 Å². The highest BCUT2D eigenvalue weighted by atomic mass is 32.2. The van der Waals surface area contributed by atoms with Gasteiger partial charge >= 0.3 is 0 Å². The summed E-state index contributed by atoms with van der Waals surface area (Å²) in [4.78, 5) is 0. The molecule has 1 aliphatic rings. The van der Waals surface area contributed by atoms with E-state index in [4.69, 9.17) is 10.5 Å². The van der Waals surface area contributed by atoms with Crippen molar-refractivity contribution in [1.82, 2.24) is 0 Å². The summed E-state index contributed by atoms with van der Waals surface area (Å²) in [5, 5.41) is 0.401. The molecule has 0 radical (unpaired) electrons. The maximum absolute atomic E-state index is 12.0. The molecule has 0 aliphatic heterocycles. The molecule has 2 N–H and O–H groups in total. The SMILES string of the molecule is NCc1ccccc1OCCS(=O)C1CCCC1. The van der Waals surface area contributed by atoms with Crippen molar-refractivity contribution in [1.29, 1.82) is 0 Å². The van der Waals surface area contributed by atoms with Crippen LogP contribution in [0.15, 0.2) is 24.3 Å². The van der Waals surface area contributed by atoms with Gasteiger partial charge < -0.3 is 10.5 Å². The Morgan fingerprint density at radius 1 is 1.28 bits per heavy atom. The van der Waals surface area contributed by atoms with Crippen molar-refractivity contribution in [2.75, 3.05) is 12.4 Å². The molecule has 2 rings (SSSR count). The summed E-state index contributed by atoms with van der Waals surface area (Å²) in [6.07, 6.45) is 4.69. The quantitative estimate of drug-likeness (QED) is 0.860. The second-order valence-corrected chi connectivity index (χ2v) is 6.49. The van der Waals surface area contributed by atoms with Crippen molar-refractivity contribution in [3.63, 3.8) is 0 Å². The van der Waals surface area contributed by atoms with Crippen LogP contribution in [0.2, 0.25) is 0 Å². The largest absolute Gasteiger partial charge is 0.492 e. The fourth-order valence-corrected chi connectivity index (χ4v) is 3.80. The van der Waals surface area contributed by atoms with Gasteiger partial charge in [-0.05, 0) is 18.9 Å². The maximum atomic E-state index is 12.0. The first-order valence-corrected chi connectivity index (χ1v) is 7.97. The molecule has 0 aromatic heterocycles. The van der Waals surface area contributed by atoms with Crippen LogP contribution < -0.4 is 10.5 Å². The van der Waals surface area contributed by atoms with Gasteiger partial charge in [0.2, 0.25) is 0 Å². The van der Waals surface area contributed by atoms with Crippen LogP contribution in [0.4, 0.5) is 0 Å². The van der Waals surface area contributed by atoms with Crippen molar-refractivity contribution >= 4 is 10.8 Å². The molecule has 18 heavy (non-hydrogen) atoms. The molecule has 4 heteroatoms. The van der Waals surface area contributed by atoms with Crippen molar-refractivity contribution < 1.29 is 8.95 Å². The van der Waals surface area contributed by atoms with Crippen LogP contribution in [0, 0.1) is 0 Å². The highest BCUT2D eigenvalue weighted by Gasteiger charge is 2.20. The van der Waals surface area contributed by atoms with Crippen molar-refractivity contribution in [3.8, 4) is 5.75 Å².